The van der Waals surface area contributed by atoms with Crippen LogP contribution in [0.25, 0.3) is 22.0 Å². The van der Waals surface area contributed by atoms with Crippen molar-refractivity contribution in [3.63, 3.8) is 0 Å². The summed E-state index contributed by atoms with van der Waals surface area (Å²) < 4.78 is 71.9. The summed E-state index contributed by atoms with van der Waals surface area (Å²) >= 11 is 0. The predicted octanol–water partition coefficient (Wildman–Crippen LogP) is 6.22. The Kier molecular flexibility index (Phi) is 8.41. The van der Waals surface area contributed by atoms with Crippen molar-refractivity contribution in [2.45, 2.75) is 17.9 Å². The van der Waals surface area contributed by atoms with Crippen molar-refractivity contribution in [1.82, 2.24) is 14.8 Å². The van der Waals surface area contributed by atoms with Crippen LogP contribution in [0.3, 0.4) is 0 Å². The number of aromatic nitrogens is 1. The summed E-state index contributed by atoms with van der Waals surface area (Å²) in [6.07, 6.45) is 1.64. The zero-order valence-electron chi connectivity index (χ0n) is 24.8. The third-order valence-corrected chi connectivity index (χ3v) is 9.65. The summed E-state index contributed by atoms with van der Waals surface area (Å²) in [6, 6.07) is 20.6. The molecule has 0 spiro atoms. The van der Waals surface area contributed by atoms with Gasteiger partial charge in [0.1, 0.15) is 17.5 Å². The molecule has 1 aliphatic rings. The summed E-state index contributed by atoms with van der Waals surface area (Å²) in [5.74, 6) is -3.13. The topological polar surface area (TPSA) is 109 Å². The van der Waals surface area contributed by atoms with E-state index in [9.17, 15) is 26.4 Å². The number of nitrogens with zero attached hydrogens (tertiary/aromatic N) is 3. The summed E-state index contributed by atoms with van der Waals surface area (Å²) in [5.41, 5.74) is 8.53. The molecule has 0 saturated carbocycles. The zero-order chi connectivity index (χ0) is 32.6. The minimum absolute atomic E-state index is 0.0208. The maximum Gasteiger partial charge on any atom is 0.262 e. The van der Waals surface area contributed by atoms with Crippen LogP contribution >= 0.6 is 0 Å². The minimum atomic E-state index is -4.09. The van der Waals surface area contributed by atoms with Gasteiger partial charge in [0, 0.05) is 89.6 Å². The number of sulfonamides is 1. The zero-order valence-corrected chi connectivity index (χ0v) is 25.6. The SMILES string of the molecule is CC(c1c(F)cc(F)cc1F)N1CCN(C(=O)c2ccc(NS(=O)(=O)c3ccc(N)cc3-c3cccc4cccnc34)cc2)CC1. The number of carbonyl (C=O) groups excluding carboxylic acids is 1. The molecule has 236 valence electrons. The van der Waals surface area contributed by atoms with Crippen LogP contribution in [0.15, 0.2) is 96.0 Å². The molecule has 4 aromatic carbocycles. The molecule has 0 aliphatic carbocycles. The van der Waals surface area contributed by atoms with E-state index < -0.39 is 33.5 Å². The number of pyridine rings is 1. The number of para-hydroxylation sites is 1. The number of hydrogen-bond donors (Lipinski definition) is 2. The number of carbonyl (C=O) groups is 1. The van der Waals surface area contributed by atoms with Gasteiger partial charge >= 0.3 is 0 Å². The van der Waals surface area contributed by atoms with Gasteiger partial charge in [0.15, 0.2) is 0 Å². The van der Waals surface area contributed by atoms with Gasteiger partial charge in [-0.3, -0.25) is 19.4 Å². The van der Waals surface area contributed by atoms with E-state index in [4.69, 9.17) is 5.73 Å². The standard InChI is InChI=1S/C34H30F3N5O3S/c1-21(32-29(36)18-24(35)19-30(32)37)41-14-16-42(17-15-41)34(43)23-7-10-26(11-8-23)40-46(44,45)31-12-9-25(38)20-28(31)27-6-2-4-22-5-3-13-39-33(22)27/h2-13,18-21,40H,14-17,38H2,1H3. The van der Waals surface area contributed by atoms with E-state index in [0.717, 1.165) is 5.39 Å². The van der Waals surface area contributed by atoms with Crippen molar-refractivity contribution >= 4 is 38.2 Å². The number of hydrogen-bond acceptors (Lipinski definition) is 6. The first-order valence-corrected chi connectivity index (χ1v) is 16.0. The Morgan fingerprint density at radius 1 is 0.870 bits per heavy atom. The molecule has 1 aromatic heterocycles. The number of amides is 1. The van der Waals surface area contributed by atoms with E-state index in [1.807, 2.05) is 23.1 Å². The first kappa shape index (κ1) is 31.1. The second-order valence-electron chi connectivity index (χ2n) is 11.1. The summed E-state index contributed by atoms with van der Waals surface area (Å²) in [7, 11) is -4.09. The molecule has 1 fully saturated rings. The molecule has 1 amide bonds. The van der Waals surface area contributed by atoms with Crippen molar-refractivity contribution in [1.29, 1.82) is 0 Å². The highest BCUT2D eigenvalue weighted by atomic mass is 32.2. The van der Waals surface area contributed by atoms with E-state index in [1.54, 1.807) is 36.2 Å². The Labute approximate surface area is 264 Å². The van der Waals surface area contributed by atoms with Crippen LogP contribution in [0.2, 0.25) is 0 Å². The molecule has 0 bridgehead atoms. The number of piperazine rings is 1. The fourth-order valence-electron chi connectivity index (χ4n) is 5.83. The highest BCUT2D eigenvalue weighted by molar-refractivity contribution is 7.92. The quantitative estimate of drug-likeness (QED) is 0.204. The Morgan fingerprint density at radius 2 is 1.54 bits per heavy atom. The number of nitrogens with one attached hydrogen (secondary N) is 1. The van der Waals surface area contributed by atoms with Gasteiger partial charge in [0.05, 0.1) is 10.4 Å². The molecule has 46 heavy (non-hydrogen) atoms. The lowest BCUT2D eigenvalue weighted by atomic mass is 10.0. The Morgan fingerprint density at radius 3 is 2.24 bits per heavy atom. The van der Waals surface area contributed by atoms with Crippen LogP contribution in [0, 0.1) is 17.5 Å². The van der Waals surface area contributed by atoms with Gasteiger partial charge in [-0.1, -0.05) is 24.3 Å². The second-order valence-corrected chi connectivity index (χ2v) is 12.8. The van der Waals surface area contributed by atoms with Crippen molar-refractivity contribution in [2.24, 2.45) is 0 Å². The number of rotatable bonds is 7. The van der Waals surface area contributed by atoms with Gasteiger partial charge in [0.2, 0.25) is 0 Å². The molecule has 1 saturated heterocycles. The monoisotopic (exact) mass is 645 g/mol. The average molecular weight is 646 g/mol. The first-order chi connectivity index (χ1) is 22.0. The lowest BCUT2D eigenvalue weighted by molar-refractivity contribution is 0.0575. The summed E-state index contributed by atoms with van der Waals surface area (Å²) in [5, 5.41) is 0.852. The highest BCUT2D eigenvalue weighted by Gasteiger charge is 2.29. The molecule has 0 radical (unpaired) electrons. The van der Waals surface area contributed by atoms with Gasteiger partial charge in [0.25, 0.3) is 15.9 Å². The number of fused-ring (bicyclic) bond motifs is 1. The average Bonchev–Trinajstić information content (AvgIpc) is 3.03. The van der Waals surface area contributed by atoms with Gasteiger partial charge in [-0.15, -0.1) is 0 Å². The molecule has 1 unspecified atom stereocenters. The number of halogens is 3. The fourth-order valence-corrected chi connectivity index (χ4v) is 7.10. The Hall–Kier alpha value is -4.94. The van der Waals surface area contributed by atoms with Crippen LogP contribution in [0.5, 0.6) is 0 Å². The van der Waals surface area contributed by atoms with Crippen LogP contribution in [0.4, 0.5) is 24.5 Å². The van der Waals surface area contributed by atoms with Crippen LogP contribution in [-0.2, 0) is 10.0 Å². The molecule has 3 N–H and O–H groups in total. The van der Waals surface area contributed by atoms with Crippen LogP contribution in [-0.4, -0.2) is 55.3 Å². The molecule has 6 rings (SSSR count). The first-order valence-electron chi connectivity index (χ1n) is 14.6. The summed E-state index contributed by atoms with van der Waals surface area (Å²) in [6.45, 7) is 2.98. The molecule has 1 aliphatic heterocycles. The van der Waals surface area contributed by atoms with Crippen molar-refractivity contribution < 1.29 is 26.4 Å². The van der Waals surface area contributed by atoms with E-state index >= 15 is 0 Å². The van der Waals surface area contributed by atoms with E-state index in [1.165, 1.54) is 36.4 Å². The number of benzene rings is 4. The van der Waals surface area contributed by atoms with Gasteiger partial charge in [-0.2, -0.15) is 0 Å². The highest BCUT2D eigenvalue weighted by Crippen LogP contribution is 2.35. The summed E-state index contributed by atoms with van der Waals surface area (Å²) in [4.78, 5) is 21.2. The molecule has 8 nitrogen and oxygen atoms in total. The van der Waals surface area contributed by atoms with Crippen LogP contribution in [0.1, 0.15) is 28.9 Å². The Bertz CT molecular complexity index is 2020. The van der Waals surface area contributed by atoms with Gasteiger partial charge < -0.3 is 10.6 Å². The lowest BCUT2D eigenvalue weighted by Crippen LogP contribution is -2.49. The molecular formula is C34H30F3N5O3S. The van der Waals surface area contributed by atoms with Crippen molar-refractivity contribution in [2.75, 3.05) is 36.6 Å². The molecule has 12 heteroatoms. The van der Waals surface area contributed by atoms with Crippen LogP contribution < -0.4 is 10.5 Å². The molecule has 2 heterocycles. The van der Waals surface area contributed by atoms with E-state index in [-0.39, 0.29) is 22.1 Å². The molecule has 1 atom stereocenters. The third-order valence-electron chi connectivity index (χ3n) is 8.21. The second kappa shape index (κ2) is 12.5. The molecular weight excluding hydrogens is 615 g/mol. The minimum Gasteiger partial charge on any atom is -0.399 e. The smallest absolute Gasteiger partial charge is 0.262 e. The maximum absolute atomic E-state index is 14.3. The number of anilines is 2. The van der Waals surface area contributed by atoms with Gasteiger partial charge in [-0.05, 0) is 55.5 Å². The maximum atomic E-state index is 14.3. The van der Waals surface area contributed by atoms with Crippen molar-refractivity contribution in [3.05, 3.63) is 120 Å². The third kappa shape index (κ3) is 6.13. The lowest BCUT2D eigenvalue weighted by Gasteiger charge is -2.38. The predicted molar refractivity (Wildman–Crippen MR) is 171 cm³/mol. The van der Waals surface area contributed by atoms with Gasteiger partial charge in [-0.25, -0.2) is 21.6 Å². The molecule has 5 aromatic rings. The fraction of sp³-hybridized carbons (Fsp3) is 0.176. The van der Waals surface area contributed by atoms with E-state index in [2.05, 4.69) is 9.71 Å². The number of nitrogens with two attached hydrogens (primary N) is 1. The van der Waals surface area contributed by atoms with Crippen molar-refractivity contribution in [3.8, 4) is 11.1 Å². The van der Waals surface area contributed by atoms with E-state index in [0.29, 0.717) is 66.2 Å². The number of nitrogen functional groups attached to an aromatic ring is 1. The Balaban J connectivity index is 1.15. The normalized spacial score (nSPS) is 14.7. The largest absolute Gasteiger partial charge is 0.399 e.